The van der Waals surface area contributed by atoms with Crippen molar-refractivity contribution in [2.24, 2.45) is 11.3 Å². The van der Waals surface area contributed by atoms with E-state index in [9.17, 15) is 0 Å². The SMILES string of the molecule is C=CC(=CC)C12CCN(C)CC1Cc1cc(C=C)c(C=C)nc1C2. The number of fused-ring (bicyclic) bond motifs is 2. The third-order valence-corrected chi connectivity index (χ3v) is 5.97. The Morgan fingerprint density at radius 3 is 2.75 bits per heavy atom. The van der Waals surface area contributed by atoms with E-state index in [0.717, 1.165) is 37.2 Å². The molecule has 0 bridgehead atoms. The van der Waals surface area contributed by atoms with E-state index in [1.165, 1.54) is 23.3 Å². The van der Waals surface area contributed by atoms with Crippen molar-refractivity contribution in [3.63, 3.8) is 0 Å². The Hall–Kier alpha value is -1.93. The maximum Gasteiger partial charge on any atom is 0.0699 e. The summed E-state index contributed by atoms with van der Waals surface area (Å²) in [7, 11) is 2.23. The molecule has 1 aliphatic heterocycles. The minimum Gasteiger partial charge on any atom is -0.306 e. The van der Waals surface area contributed by atoms with Gasteiger partial charge in [-0.25, -0.2) is 0 Å². The molecule has 2 heteroatoms. The molecule has 126 valence electrons. The second kappa shape index (κ2) is 6.52. The number of piperidine rings is 1. The van der Waals surface area contributed by atoms with Crippen molar-refractivity contribution < 1.29 is 0 Å². The third-order valence-electron chi connectivity index (χ3n) is 5.97. The molecule has 24 heavy (non-hydrogen) atoms. The summed E-state index contributed by atoms with van der Waals surface area (Å²) in [6, 6.07) is 2.27. The maximum atomic E-state index is 4.94. The molecule has 0 amide bonds. The fourth-order valence-corrected chi connectivity index (χ4v) is 4.67. The van der Waals surface area contributed by atoms with Crippen LogP contribution in [0, 0.1) is 11.3 Å². The second-order valence-corrected chi connectivity index (χ2v) is 7.17. The summed E-state index contributed by atoms with van der Waals surface area (Å²) in [5.41, 5.74) is 6.22. The molecule has 2 unspecified atom stereocenters. The highest BCUT2D eigenvalue weighted by Gasteiger charge is 2.47. The minimum atomic E-state index is 0.178. The first kappa shape index (κ1) is 16.9. The summed E-state index contributed by atoms with van der Waals surface area (Å²) in [5.74, 6) is 0.613. The van der Waals surface area contributed by atoms with Gasteiger partial charge in [0.15, 0.2) is 0 Å². The molecule has 1 aliphatic carbocycles. The first-order chi connectivity index (χ1) is 11.6. The topological polar surface area (TPSA) is 16.1 Å². The Bertz CT molecular complexity index is 713. The van der Waals surface area contributed by atoms with Gasteiger partial charge in [0, 0.05) is 17.7 Å². The first-order valence-corrected chi connectivity index (χ1v) is 8.83. The molecule has 0 radical (unpaired) electrons. The van der Waals surface area contributed by atoms with Crippen molar-refractivity contribution in [2.45, 2.75) is 26.2 Å². The zero-order chi connectivity index (χ0) is 17.3. The van der Waals surface area contributed by atoms with Crippen molar-refractivity contribution in [3.8, 4) is 0 Å². The minimum absolute atomic E-state index is 0.178. The van der Waals surface area contributed by atoms with Crippen molar-refractivity contribution >= 4 is 12.2 Å². The maximum absolute atomic E-state index is 4.94. The van der Waals surface area contributed by atoms with E-state index in [1.54, 1.807) is 0 Å². The molecular weight excluding hydrogens is 292 g/mol. The third kappa shape index (κ3) is 2.59. The Balaban J connectivity index is 2.12. The standard InChI is InChI=1S/C22H28N2/c1-6-16-12-17-13-19-15-24(5)11-10-22(19,18(7-2)8-3)14-21(17)23-20(16)9-4/h6-9,12,19H,1-2,4,10-11,13-15H2,3,5H3. The van der Waals surface area contributed by atoms with Crippen LogP contribution in [-0.4, -0.2) is 30.0 Å². The molecule has 2 nitrogen and oxygen atoms in total. The van der Waals surface area contributed by atoms with Crippen LogP contribution in [0.5, 0.6) is 0 Å². The summed E-state index contributed by atoms with van der Waals surface area (Å²) >= 11 is 0. The average molecular weight is 320 g/mol. The predicted octanol–water partition coefficient (Wildman–Crippen LogP) is 4.54. The van der Waals surface area contributed by atoms with Crippen molar-refractivity contribution in [1.29, 1.82) is 0 Å². The smallest absolute Gasteiger partial charge is 0.0699 e. The van der Waals surface area contributed by atoms with Gasteiger partial charge in [0.25, 0.3) is 0 Å². The van der Waals surface area contributed by atoms with E-state index in [4.69, 9.17) is 4.98 Å². The molecule has 2 heterocycles. The monoisotopic (exact) mass is 320 g/mol. The summed E-state index contributed by atoms with van der Waals surface area (Å²) in [5, 5.41) is 0. The second-order valence-electron chi connectivity index (χ2n) is 7.17. The van der Waals surface area contributed by atoms with Crippen LogP contribution in [0.4, 0.5) is 0 Å². The number of likely N-dealkylation sites (tertiary alicyclic amines) is 1. The summed E-state index contributed by atoms with van der Waals surface area (Å²) in [6.45, 7) is 16.4. The first-order valence-electron chi connectivity index (χ1n) is 8.83. The Labute approximate surface area is 146 Å². The van der Waals surface area contributed by atoms with Gasteiger partial charge in [0.1, 0.15) is 0 Å². The fraction of sp³-hybridized carbons (Fsp3) is 0.409. The highest BCUT2D eigenvalue weighted by Crippen LogP contribution is 2.50. The van der Waals surface area contributed by atoms with E-state index in [-0.39, 0.29) is 5.41 Å². The molecule has 2 atom stereocenters. The van der Waals surface area contributed by atoms with E-state index in [2.05, 4.69) is 56.8 Å². The molecule has 1 aromatic rings. The number of rotatable bonds is 4. The predicted molar refractivity (Wildman–Crippen MR) is 104 cm³/mol. The van der Waals surface area contributed by atoms with E-state index >= 15 is 0 Å². The molecular formula is C22H28N2. The number of pyridine rings is 1. The fourth-order valence-electron chi connectivity index (χ4n) is 4.67. The lowest BCUT2D eigenvalue weighted by Gasteiger charge is -2.51. The van der Waals surface area contributed by atoms with Crippen LogP contribution < -0.4 is 0 Å². The van der Waals surface area contributed by atoms with Gasteiger partial charge in [0.2, 0.25) is 0 Å². The molecule has 0 N–H and O–H groups in total. The lowest BCUT2D eigenvalue weighted by atomic mass is 9.58. The van der Waals surface area contributed by atoms with Crippen LogP contribution in [0.1, 0.15) is 35.9 Å². The van der Waals surface area contributed by atoms with Gasteiger partial charge in [0.05, 0.1) is 5.69 Å². The van der Waals surface area contributed by atoms with Gasteiger partial charge in [-0.15, -0.1) is 0 Å². The van der Waals surface area contributed by atoms with Crippen molar-refractivity contribution in [1.82, 2.24) is 9.88 Å². The Morgan fingerprint density at radius 1 is 1.33 bits per heavy atom. The van der Waals surface area contributed by atoms with Crippen LogP contribution in [0.15, 0.2) is 43.5 Å². The summed E-state index contributed by atoms with van der Waals surface area (Å²) in [6.07, 6.45) is 11.3. The average Bonchev–Trinajstić information content (AvgIpc) is 2.60. The number of nitrogens with zero attached hydrogens (tertiary/aromatic N) is 2. The number of allylic oxidation sites excluding steroid dienone is 3. The molecule has 2 aliphatic rings. The number of hydrogen-bond acceptors (Lipinski definition) is 2. The quantitative estimate of drug-likeness (QED) is 0.757. The molecule has 1 aromatic heterocycles. The molecule has 0 saturated carbocycles. The molecule has 3 rings (SSSR count). The Morgan fingerprint density at radius 2 is 2.12 bits per heavy atom. The highest BCUT2D eigenvalue weighted by atomic mass is 15.1. The van der Waals surface area contributed by atoms with Gasteiger partial charge >= 0.3 is 0 Å². The summed E-state index contributed by atoms with van der Waals surface area (Å²) in [4.78, 5) is 7.41. The van der Waals surface area contributed by atoms with Gasteiger partial charge < -0.3 is 4.90 Å². The lowest BCUT2D eigenvalue weighted by molar-refractivity contribution is 0.0684. The van der Waals surface area contributed by atoms with Crippen LogP contribution >= 0.6 is 0 Å². The summed E-state index contributed by atoms with van der Waals surface area (Å²) < 4.78 is 0. The van der Waals surface area contributed by atoms with Crippen molar-refractivity contribution in [3.05, 3.63) is 66.0 Å². The van der Waals surface area contributed by atoms with E-state index in [0.29, 0.717) is 5.92 Å². The van der Waals surface area contributed by atoms with Gasteiger partial charge in [-0.2, -0.15) is 0 Å². The van der Waals surface area contributed by atoms with Gasteiger partial charge in [-0.1, -0.05) is 38.0 Å². The molecule has 0 spiro atoms. The molecule has 1 fully saturated rings. The zero-order valence-electron chi connectivity index (χ0n) is 15.0. The number of aromatic nitrogens is 1. The number of hydrogen-bond donors (Lipinski definition) is 0. The van der Waals surface area contributed by atoms with Gasteiger partial charge in [-0.05, 0) is 74.5 Å². The van der Waals surface area contributed by atoms with E-state index < -0.39 is 0 Å². The van der Waals surface area contributed by atoms with Crippen LogP contribution in [0.2, 0.25) is 0 Å². The van der Waals surface area contributed by atoms with Crippen molar-refractivity contribution in [2.75, 3.05) is 20.1 Å². The van der Waals surface area contributed by atoms with Gasteiger partial charge in [-0.3, -0.25) is 4.98 Å². The Kier molecular flexibility index (Phi) is 4.60. The van der Waals surface area contributed by atoms with Crippen LogP contribution in [-0.2, 0) is 12.8 Å². The lowest BCUT2D eigenvalue weighted by Crippen LogP contribution is -2.51. The highest BCUT2D eigenvalue weighted by molar-refractivity contribution is 5.62. The molecule has 0 aromatic carbocycles. The van der Waals surface area contributed by atoms with E-state index in [1.807, 2.05) is 12.2 Å². The largest absolute Gasteiger partial charge is 0.306 e. The van der Waals surface area contributed by atoms with Crippen LogP contribution in [0.3, 0.4) is 0 Å². The normalized spacial score (nSPS) is 27.1. The molecule has 1 saturated heterocycles. The van der Waals surface area contributed by atoms with Crippen LogP contribution in [0.25, 0.3) is 12.2 Å². The zero-order valence-corrected chi connectivity index (χ0v) is 15.0.